The van der Waals surface area contributed by atoms with Crippen molar-refractivity contribution in [2.75, 3.05) is 6.26 Å². The van der Waals surface area contributed by atoms with Crippen molar-refractivity contribution in [1.82, 2.24) is 15.2 Å². The topological polar surface area (TPSA) is 55.9 Å². The molecule has 2 aromatic rings. The predicted molar refractivity (Wildman–Crippen MR) is 79.9 cm³/mol. The number of nitrogens with two attached hydrogens (primary N) is 1. The number of rotatable bonds is 6. The van der Waals surface area contributed by atoms with Crippen LogP contribution >= 0.6 is 11.8 Å². The number of hydrazine groups is 1. The second-order valence-electron chi connectivity index (χ2n) is 4.41. The minimum atomic E-state index is -0.0125. The van der Waals surface area contributed by atoms with Crippen molar-refractivity contribution >= 4 is 11.8 Å². The average Bonchev–Trinajstić information content (AvgIpc) is 2.89. The van der Waals surface area contributed by atoms with Crippen LogP contribution in [0.2, 0.25) is 0 Å². The number of hydrogen-bond acceptors (Lipinski definition) is 4. The molecule has 0 aliphatic rings. The van der Waals surface area contributed by atoms with Crippen LogP contribution < -0.4 is 11.3 Å². The number of nitrogens with one attached hydrogen (secondary N) is 1. The van der Waals surface area contributed by atoms with Gasteiger partial charge in [0.05, 0.1) is 12.2 Å². The molecule has 0 spiro atoms. The summed E-state index contributed by atoms with van der Waals surface area (Å²) in [5.74, 6) is 5.70. The monoisotopic (exact) mass is 276 g/mol. The molecule has 19 heavy (non-hydrogen) atoms. The Morgan fingerprint density at radius 3 is 2.63 bits per heavy atom. The van der Waals surface area contributed by atoms with Crippen LogP contribution in [0.1, 0.15) is 30.5 Å². The summed E-state index contributed by atoms with van der Waals surface area (Å²) in [7, 11) is 0. The molecule has 0 bridgehead atoms. The van der Waals surface area contributed by atoms with Crippen LogP contribution in [0.25, 0.3) is 0 Å². The summed E-state index contributed by atoms with van der Waals surface area (Å²) in [6.07, 6.45) is 7.08. The molecule has 0 saturated carbocycles. The SMILES string of the molecule is CCCn1cc(C(NN)c2ccc(SC)cc2)cn1. The first-order valence-electron chi connectivity index (χ1n) is 6.41. The van der Waals surface area contributed by atoms with Crippen molar-refractivity contribution in [1.29, 1.82) is 0 Å². The summed E-state index contributed by atoms with van der Waals surface area (Å²) >= 11 is 1.74. The highest BCUT2D eigenvalue weighted by atomic mass is 32.2. The molecule has 0 amide bonds. The Labute approximate surface area is 118 Å². The fourth-order valence-electron chi connectivity index (χ4n) is 2.06. The lowest BCUT2D eigenvalue weighted by Gasteiger charge is -2.14. The molecule has 0 aliphatic heterocycles. The van der Waals surface area contributed by atoms with Crippen molar-refractivity contribution in [2.45, 2.75) is 30.8 Å². The van der Waals surface area contributed by atoms with Crippen molar-refractivity contribution in [3.63, 3.8) is 0 Å². The Morgan fingerprint density at radius 1 is 1.32 bits per heavy atom. The lowest BCUT2D eigenvalue weighted by atomic mass is 10.0. The molecule has 1 atom stereocenters. The van der Waals surface area contributed by atoms with Crippen LogP contribution in [0.3, 0.4) is 0 Å². The predicted octanol–water partition coefficient (Wildman–Crippen LogP) is 2.57. The number of benzene rings is 1. The Balaban J connectivity index is 2.21. The van der Waals surface area contributed by atoms with E-state index in [9.17, 15) is 0 Å². The molecular weight excluding hydrogens is 256 g/mol. The van der Waals surface area contributed by atoms with Crippen molar-refractivity contribution in [2.24, 2.45) is 5.84 Å². The molecule has 1 unspecified atom stereocenters. The first-order valence-corrected chi connectivity index (χ1v) is 7.63. The largest absolute Gasteiger partial charge is 0.272 e. The van der Waals surface area contributed by atoms with Gasteiger partial charge >= 0.3 is 0 Å². The van der Waals surface area contributed by atoms with E-state index in [2.05, 4.69) is 54.2 Å². The van der Waals surface area contributed by atoms with Crippen LogP contribution in [0, 0.1) is 0 Å². The molecule has 3 N–H and O–H groups in total. The van der Waals surface area contributed by atoms with E-state index in [1.165, 1.54) is 4.90 Å². The van der Waals surface area contributed by atoms with Gasteiger partial charge < -0.3 is 0 Å². The molecule has 1 heterocycles. The number of aromatic nitrogens is 2. The van der Waals surface area contributed by atoms with Crippen LogP contribution in [0.5, 0.6) is 0 Å². The normalized spacial score (nSPS) is 12.6. The average molecular weight is 276 g/mol. The van der Waals surface area contributed by atoms with Gasteiger partial charge in [-0.25, -0.2) is 5.43 Å². The third kappa shape index (κ3) is 3.37. The van der Waals surface area contributed by atoms with E-state index < -0.39 is 0 Å². The molecule has 0 saturated heterocycles. The van der Waals surface area contributed by atoms with Crippen LogP contribution in [-0.4, -0.2) is 16.0 Å². The highest BCUT2D eigenvalue weighted by molar-refractivity contribution is 7.98. The summed E-state index contributed by atoms with van der Waals surface area (Å²) < 4.78 is 1.95. The van der Waals surface area contributed by atoms with Crippen LogP contribution in [-0.2, 0) is 6.54 Å². The lowest BCUT2D eigenvalue weighted by Crippen LogP contribution is -2.28. The first-order chi connectivity index (χ1) is 9.28. The van der Waals surface area contributed by atoms with Crippen molar-refractivity contribution in [3.8, 4) is 0 Å². The Bertz CT molecular complexity index is 506. The zero-order valence-electron chi connectivity index (χ0n) is 11.3. The van der Waals surface area contributed by atoms with Gasteiger partial charge in [-0.2, -0.15) is 5.10 Å². The molecule has 1 aromatic heterocycles. The summed E-state index contributed by atoms with van der Waals surface area (Å²) in [5.41, 5.74) is 5.11. The van der Waals surface area contributed by atoms with E-state index in [-0.39, 0.29) is 6.04 Å². The summed E-state index contributed by atoms with van der Waals surface area (Å²) in [5, 5.41) is 4.35. The molecule has 2 rings (SSSR count). The maximum atomic E-state index is 5.70. The maximum Gasteiger partial charge on any atom is 0.0740 e. The molecule has 4 nitrogen and oxygen atoms in total. The fraction of sp³-hybridized carbons (Fsp3) is 0.357. The molecule has 5 heteroatoms. The number of aryl methyl sites for hydroxylation is 1. The quantitative estimate of drug-likeness (QED) is 0.484. The smallest absolute Gasteiger partial charge is 0.0740 e. The summed E-state index contributed by atoms with van der Waals surface area (Å²) in [6, 6.07) is 8.42. The first kappa shape index (κ1) is 14.1. The van der Waals surface area contributed by atoms with Gasteiger partial charge in [0.15, 0.2) is 0 Å². The van der Waals surface area contributed by atoms with Crippen molar-refractivity contribution in [3.05, 3.63) is 47.8 Å². The van der Waals surface area contributed by atoms with E-state index >= 15 is 0 Å². The molecule has 0 fully saturated rings. The maximum absolute atomic E-state index is 5.70. The molecule has 0 radical (unpaired) electrons. The number of nitrogens with zero attached hydrogens (tertiary/aromatic N) is 2. The second-order valence-corrected chi connectivity index (χ2v) is 5.29. The Kier molecular flexibility index (Phi) is 5.01. The standard InChI is InChI=1S/C14H20N4S/c1-3-8-18-10-12(9-16-18)14(17-15)11-4-6-13(19-2)7-5-11/h4-7,9-10,14,17H,3,8,15H2,1-2H3. The highest BCUT2D eigenvalue weighted by Gasteiger charge is 2.14. The summed E-state index contributed by atoms with van der Waals surface area (Å²) in [4.78, 5) is 1.25. The van der Waals surface area contributed by atoms with E-state index in [4.69, 9.17) is 5.84 Å². The van der Waals surface area contributed by atoms with Gasteiger partial charge in [0.2, 0.25) is 0 Å². The van der Waals surface area contributed by atoms with Gasteiger partial charge in [0.25, 0.3) is 0 Å². The van der Waals surface area contributed by atoms with E-state index in [0.717, 1.165) is 24.1 Å². The molecule has 102 valence electrons. The second kappa shape index (κ2) is 6.75. The van der Waals surface area contributed by atoms with Gasteiger partial charge in [-0.05, 0) is 30.4 Å². The van der Waals surface area contributed by atoms with Crippen molar-refractivity contribution < 1.29 is 0 Å². The van der Waals surface area contributed by atoms with Gasteiger partial charge in [0.1, 0.15) is 0 Å². The zero-order chi connectivity index (χ0) is 13.7. The Hall–Kier alpha value is -1.30. The van der Waals surface area contributed by atoms with E-state index in [1.807, 2.05) is 10.9 Å². The van der Waals surface area contributed by atoms with Gasteiger partial charge in [-0.15, -0.1) is 11.8 Å². The lowest BCUT2D eigenvalue weighted by molar-refractivity contribution is 0.598. The zero-order valence-corrected chi connectivity index (χ0v) is 12.2. The van der Waals surface area contributed by atoms with Gasteiger partial charge in [0, 0.05) is 23.2 Å². The third-order valence-electron chi connectivity index (χ3n) is 3.06. The van der Waals surface area contributed by atoms with Crippen LogP contribution in [0.4, 0.5) is 0 Å². The number of hydrogen-bond donors (Lipinski definition) is 2. The van der Waals surface area contributed by atoms with Gasteiger partial charge in [-0.3, -0.25) is 10.5 Å². The van der Waals surface area contributed by atoms with Crippen LogP contribution in [0.15, 0.2) is 41.6 Å². The fourth-order valence-corrected chi connectivity index (χ4v) is 2.47. The summed E-state index contributed by atoms with van der Waals surface area (Å²) in [6.45, 7) is 3.07. The Morgan fingerprint density at radius 2 is 2.05 bits per heavy atom. The number of thioether (sulfide) groups is 1. The molecule has 1 aromatic carbocycles. The molecular formula is C14H20N4S. The van der Waals surface area contributed by atoms with E-state index in [0.29, 0.717) is 0 Å². The highest BCUT2D eigenvalue weighted by Crippen LogP contribution is 2.23. The van der Waals surface area contributed by atoms with Gasteiger partial charge in [-0.1, -0.05) is 19.1 Å². The molecule has 0 aliphatic carbocycles. The minimum Gasteiger partial charge on any atom is -0.272 e. The third-order valence-corrected chi connectivity index (χ3v) is 3.80. The minimum absolute atomic E-state index is 0.0125. The van der Waals surface area contributed by atoms with E-state index in [1.54, 1.807) is 11.8 Å².